The van der Waals surface area contributed by atoms with Gasteiger partial charge < -0.3 is 10.4 Å². The van der Waals surface area contributed by atoms with Crippen LogP contribution in [-0.2, 0) is 19.7 Å². The van der Waals surface area contributed by atoms with Gasteiger partial charge in [0.15, 0.2) is 0 Å². The highest BCUT2D eigenvalue weighted by molar-refractivity contribution is 7.85. The number of nitrogens with one attached hydrogen (secondary N) is 1. The van der Waals surface area contributed by atoms with Crippen molar-refractivity contribution in [3.63, 3.8) is 0 Å². The summed E-state index contributed by atoms with van der Waals surface area (Å²) in [5, 5.41) is 9.80. The van der Waals surface area contributed by atoms with E-state index in [-0.39, 0.29) is 6.54 Å². The number of hydrogen-bond donors (Lipinski definition) is 3. The minimum atomic E-state index is -3.98. The Labute approximate surface area is 93.2 Å². The summed E-state index contributed by atoms with van der Waals surface area (Å²) in [7, 11) is -3.98. The van der Waals surface area contributed by atoms with Gasteiger partial charge in [0.2, 0.25) is 5.91 Å². The van der Waals surface area contributed by atoms with Crippen molar-refractivity contribution < 1.29 is 27.7 Å². The van der Waals surface area contributed by atoms with Gasteiger partial charge in [0.1, 0.15) is 0 Å². The maximum Gasteiger partial charge on any atom is 0.327 e. The molecule has 0 bridgehead atoms. The van der Waals surface area contributed by atoms with Crippen molar-refractivity contribution in [1.29, 1.82) is 0 Å². The Morgan fingerprint density at radius 2 is 1.69 bits per heavy atom. The zero-order chi connectivity index (χ0) is 13.2. The summed E-state index contributed by atoms with van der Waals surface area (Å²) in [6, 6.07) is 0. The number of carboxylic acid groups (broad SMARTS) is 1. The number of carbonyl (C=O) groups is 2. The van der Waals surface area contributed by atoms with Gasteiger partial charge in [-0.1, -0.05) is 13.2 Å². The number of aliphatic carboxylic acids is 1. The van der Waals surface area contributed by atoms with Crippen LogP contribution in [0.2, 0.25) is 0 Å². The van der Waals surface area contributed by atoms with Crippen molar-refractivity contribution >= 4 is 22.0 Å². The van der Waals surface area contributed by atoms with Crippen molar-refractivity contribution in [3.8, 4) is 0 Å². The summed E-state index contributed by atoms with van der Waals surface area (Å²) in [5.74, 6) is -1.93. The first kappa shape index (κ1) is 16.7. The molecule has 8 heteroatoms. The molecule has 0 heterocycles. The van der Waals surface area contributed by atoms with Crippen molar-refractivity contribution in [2.45, 2.75) is 0 Å². The summed E-state index contributed by atoms with van der Waals surface area (Å²) in [4.78, 5) is 19.6. The van der Waals surface area contributed by atoms with Gasteiger partial charge in [0.25, 0.3) is 10.1 Å². The minimum absolute atomic E-state index is 0.107. The van der Waals surface area contributed by atoms with E-state index < -0.39 is 27.7 Å². The molecule has 0 aliphatic rings. The SMILES string of the molecule is C=CC(=O)NCCS(=O)(=O)O.C=CC(=O)O. The highest BCUT2D eigenvalue weighted by Gasteiger charge is 2.03. The lowest BCUT2D eigenvalue weighted by atomic mass is 10.6. The molecule has 0 aromatic heterocycles. The van der Waals surface area contributed by atoms with Crippen molar-refractivity contribution in [2.24, 2.45) is 0 Å². The topological polar surface area (TPSA) is 121 Å². The van der Waals surface area contributed by atoms with E-state index in [1.54, 1.807) is 0 Å². The lowest BCUT2D eigenvalue weighted by Gasteiger charge is -1.97. The van der Waals surface area contributed by atoms with Crippen LogP contribution in [0.25, 0.3) is 0 Å². The first-order valence-corrected chi connectivity index (χ1v) is 5.54. The molecule has 0 radical (unpaired) electrons. The van der Waals surface area contributed by atoms with Crippen molar-refractivity contribution in [3.05, 3.63) is 25.3 Å². The molecule has 0 spiro atoms. The molecule has 16 heavy (non-hydrogen) atoms. The molecule has 0 aliphatic heterocycles. The highest BCUT2D eigenvalue weighted by Crippen LogP contribution is 1.78. The molecule has 3 N–H and O–H groups in total. The van der Waals surface area contributed by atoms with E-state index in [2.05, 4.69) is 18.5 Å². The molecule has 0 rings (SSSR count). The second kappa shape index (κ2) is 8.62. The molecule has 92 valence electrons. The van der Waals surface area contributed by atoms with Crippen LogP contribution in [0.1, 0.15) is 0 Å². The molecule has 0 aliphatic carbocycles. The van der Waals surface area contributed by atoms with Crippen LogP contribution in [0.5, 0.6) is 0 Å². The van der Waals surface area contributed by atoms with E-state index in [9.17, 15) is 18.0 Å². The molecule has 0 saturated carbocycles. The van der Waals surface area contributed by atoms with Gasteiger partial charge in [-0.05, 0) is 6.08 Å². The van der Waals surface area contributed by atoms with E-state index in [4.69, 9.17) is 9.66 Å². The molecule has 0 saturated heterocycles. The third-order valence-electron chi connectivity index (χ3n) is 1.02. The fourth-order valence-corrected chi connectivity index (χ4v) is 0.735. The molecule has 1 amide bonds. The molecule has 0 atom stereocenters. The molecule has 7 nitrogen and oxygen atoms in total. The van der Waals surface area contributed by atoms with Crippen LogP contribution in [0.15, 0.2) is 25.3 Å². The first-order valence-electron chi connectivity index (χ1n) is 3.93. The Balaban J connectivity index is 0. The van der Waals surface area contributed by atoms with Crippen LogP contribution in [0.4, 0.5) is 0 Å². The summed E-state index contributed by atoms with van der Waals surface area (Å²) < 4.78 is 28.4. The third-order valence-corrected chi connectivity index (χ3v) is 1.74. The van der Waals surface area contributed by atoms with E-state index >= 15 is 0 Å². The fraction of sp³-hybridized carbons (Fsp3) is 0.250. The second-order valence-electron chi connectivity index (χ2n) is 2.32. The number of carboxylic acids is 1. The number of amides is 1. The highest BCUT2D eigenvalue weighted by atomic mass is 32.2. The normalized spacial score (nSPS) is 9.31. The Bertz CT molecular complexity index is 359. The van der Waals surface area contributed by atoms with Crippen LogP contribution in [-0.4, -0.2) is 42.3 Å². The Morgan fingerprint density at radius 1 is 1.25 bits per heavy atom. The first-order chi connectivity index (χ1) is 7.22. The summed E-state index contributed by atoms with van der Waals surface area (Å²) in [6.45, 7) is 6.00. The summed E-state index contributed by atoms with van der Waals surface area (Å²) in [5.41, 5.74) is 0. The maximum atomic E-state index is 10.4. The lowest BCUT2D eigenvalue weighted by Crippen LogP contribution is -2.27. The Morgan fingerprint density at radius 3 is 1.94 bits per heavy atom. The van der Waals surface area contributed by atoms with E-state index in [1.165, 1.54) is 0 Å². The van der Waals surface area contributed by atoms with Crippen LogP contribution >= 0.6 is 0 Å². The quantitative estimate of drug-likeness (QED) is 0.444. The van der Waals surface area contributed by atoms with Gasteiger partial charge in [-0.2, -0.15) is 8.42 Å². The van der Waals surface area contributed by atoms with Crippen LogP contribution < -0.4 is 5.32 Å². The number of rotatable bonds is 5. The number of carbonyl (C=O) groups excluding carboxylic acids is 1. The molecule has 0 unspecified atom stereocenters. The average molecular weight is 251 g/mol. The van der Waals surface area contributed by atoms with Gasteiger partial charge in [0, 0.05) is 12.6 Å². The molecular weight excluding hydrogens is 238 g/mol. The van der Waals surface area contributed by atoms with Gasteiger partial charge in [-0.15, -0.1) is 0 Å². The van der Waals surface area contributed by atoms with E-state index in [1.807, 2.05) is 0 Å². The van der Waals surface area contributed by atoms with Gasteiger partial charge in [0.05, 0.1) is 5.75 Å². The van der Waals surface area contributed by atoms with Gasteiger partial charge >= 0.3 is 5.97 Å². The van der Waals surface area contributed by atoms with Gasteiger partial charge in [-0.25, -0.2) is 4.79 Å². The van der Waals surface area contributed by atoms with Crippen molar-refractivity contribution in [1.82, 2.24) is 5.32 Å². The zero-order valence-corrected chi connectivity index (χ0v) is 9.24. The maximum absolute atomic E-state index is 10.4. The Hall–Kier alpha value is -1.67. The third kappa shape index (κ3) is 18.2. The van der Waals surface area contributed by atoms with Crippen molar-refractivity contribution in [2.75, 3.05) is 12.3 Å². The molecule has 0 fully saturated rings. The van der Waals surface area contributed by atoms with E-state index in [0.29, 0.717) is 0 Å². The standard InChI is InChI=1S/C5H9NO4S.C3H4O2/c1-2-5(7)6-3-4-11(8,9)10;1-2-3(4)5/h2H,1,3-4H2,(H,6,7)(H,8,9,10);2H,1H2,(H,4,5). The Kier molecular flexibility index (Phi) is 9.03. The predicted octanol–water partition coefficient (Wildman–Crippen LogP) is -0.567. The average Bonchev–Trinajstić information content (AvgIpc) is 2.16. The fourth-order valence-electron chi connectivity index (χ4n) is 0.375. The summed E-state index contributed by atoms with van der Waals surface area (Å²) >= 11 is 0. The van der Waals surface area contributed by atoms with E-state index in [0.717, 1.165) is 12.2 Å². The van der Waals surface area contributed by atoms with Crippen LogP contribution in [0.3, 0.4) is 0 Å². The second-order valence-corrected chi connectivity index (χ2v) is 3.90. The molecular formula is C8H13NO6S. The summed E-state index contributed by atoms with van der Waals surface area (Å²) in [6.07, 6.45) is 1.85. The van der Waals surface area contributed by atoms with Crippen LogP contribution in [0, 0.1) is 0 Å². The molecule has 0 aromatic carbocycles. The zero-order valence-electron chi connectivity index (χ0n) is 8.42. The van der Waals surface area contributed by atoms with Gasteiger partial charge in [-0.3, -0.25) is 9.35 Å². The minimum Gasteiger partial charge on any atom is -0.478 e. The monoisotopic (exact) mass is 251 g/mol. The predicted molar refractivity (Wildman–Crippen MR) is 57.5 cm³/mol. The number of hydrogen-bond acceptors (Lipinski definition) is 4. The lowest BCUT2D eigenvalue weighted by molar-refractivity contribution is -0.131. The smallest absolute Gasteiger partial charge is 0.327 e. The largest absolute Gasteiger partial charge is 0.478 e. The molecule has 0 aromatic rings.